The number of thioether (sulfide) groups is 1. The Bertz CT molecular complexity index is 668. The van der Waals surface area contributed by atoms with Gasteiger partial charge in [0.05, 0.1) is 5.04 Å². The number of hydrogen-bond acceptors (Lipinski definition) is 2. The number of carbonyl (C=O) groups excluding carboxylic acids is 1. The van der Waals surface area contributed by atoms with Crippen LogP contribution in [0.3, 0.4) is 0 Å². The van der Waals surface area contributed by atoms with Gasteiger partial charge >= 0.3 is 6.18 Å². The van der Waals surface area contributed by atoms with Gasteiger partial charge in [-0.25, -0.2) is 13.8 Å². The van der Waals surface area contributed by atoms with E-state index < -0.39 is 28.3 Å². The number of halogens is 5. The maximum Gasteiger partial charge on any atom is 0.424 e. The Morgan fingerprint density at radius 2 is 1.75 bits per heavy atom. The molecule has 8 heteroatoms. The highest BCUT2D eigenvalue weighted by Crippen LogP contribution is 2.52. The molecule has 0 bridgehead atoms. The summed E-state index contributed by atoms with van der Waals surface area (Å²) in [7, 11) is 0. The van der Waals surface area contributed by atoms with Crippen molar-refractivity contribution in [2.75, 3.05) is 0 Å². The van der Waals surface area contributed by atoms with Crippen molar-refractivity contribution in [3.05, 3.63) is 35.6 Å². The number of alkyl halides is 4. The van der Waals surface area contributed by atoms with E-state index in [1.807, 2.05) is 0 Å². The lowest BCUT2D eigenvalue weighted by Crippen LogP contribution is -2.57. The summed E-state index contributed by atoms with van der Waals surface area (Å²) in [6.45, 7) is 3.06. The van der Waals surface area contributed by atoms with E-state index in [9.17, 15) is 26.7 Å². The summed E-state index contributed by atoms with van der Waals surface area (Å²) in [5.74, 6) is -1.74. The van der Waals surface area contributed by atoms with Gasteiger partial charge in [-0.3, -0.25) is 4.79 Å². The maximum atomic E-state index is 14.3. The van der Waals surface area contributed by atoms with Gasteiger partial charge < -0.3 is 0 Å². The molecule has 0 saturated carbocycles. The monoisotopic (exact) mass is 365 g/mol. The van der Waals surface area contributed by atoms with Crippen molar-refractivity contribution in [1.29, 1.82) is 0 Å². The molecule has 0 spiro atoms. The number of amides is 1. The predicted octanol–water partition coefficient (Wildman–Crippen LogP) is 5.04. The van der Waals surface area contributed by atoms with Crippen molar-refractivity contribution in [3.63, 3.8) is 0 Å². The first kappa shape index (κ1) is 18.9. The molecule has 1 aromatic rings. The Morgan fingerprint density at radius 3 is 2.25 bits per heavy atom. The summed E-state index contributed by atoms with van der Waals surface area (Å²) in [5, 5.41) is 0.146. The second-order valence-corrected chi connectivity index (χ2v) is 7.60. The Balaban J connectivity index is 2.17. The molecule has 2 rings (SSSR count). The smallest absolute Gasteiger partial charge is 0.271 e. The molecular formula is C16H16F5NOS. The molecular weight excluding hydrogens is 349 g/mol. The van der Waals surface area contributed by atoms with Crippen molar-refractivity contribution in [2.45, 2.75) is 49.7 Å². The zero-order chi connectivity index (χ0) is 18.3. The van der Waals surface area contributed by atoms with Crippen LogP contribution in [0.15, 0.2) is 29.3 Å². The number of hydrogen-bond donors (Lipinski definition) is 0. The van der Waals surface area contributed by atoms with Gasteiger partial charge in [0, 0.05) is 6.42 Å². The van der Waals surface area contributed by atoms with E-state index in [4.69, 9.17) is 0 Å². The van der Waals surface area contributed by atoms with Gasteiger partial charge in [0.15, 0.2) is 0 Å². The van der Waals surface area contributed by atoms with Gasteiger partial charge in [0.25, 0.3) is 5.91 Å². The molecule has 2 nitrogen and oxygen atoms in total. The topological polar surface area (TPSA) is 29.4 Å². The second-order valence-electron chi connectivity index (χ2n) is 6.10. The van der Waals surface area contributed by atoms with Gasteiger partial charge in [-0.1, -0.05) is 30.8 Å². The lowest BCUT2D eigenvalue weighted by Gasteiger charge is -2.35. The molecule has 1 aliphatic heterocycles. The van der Waals surface area contributed by atoms with E-state index in [0.717, 1.165) is 12.5 Å². The number of nitrogens with zero attached hydrogens (tertiary/aromatic N) is 1. The lowest BCUT2D eigenvalue weighted by atomic mass is 9.90. The van der Waals surface area contributed by atoms with Crippen LogP contribution in [0, 0.1) is 5.82 Å². The third kappa shape index (κ3) is 3.20. The van der Waals surface area contributed by atoms with Gasteiger partial charge in [-0.2, -0.15) is 13.2 Å². The average molecular weight is 365 g/mol. The molecule has 0 fully saturated rings. The van der Waals surface area contributed by atoms with E-state index in [1.54, 1.807) is 19.1 Å². The molecule has 0 radical (unpaired) electrons. The van der Waals surface area contributed by atoms with Gasteiger partial charge in [0.1, 0.15) is 10.6 Å². The van der Waals surface area contributed by atoms with E-state index >= 15 is 0 Å². The van der Waals surface area contributed by atoms with E-state index in [2.05, 4.69) is 4.99 Å². The predicted molar refractivity (Wildman–Crippen MR) is 83.4 cm³/mol. The summed E-state index contributed by atoms with van der Waals surface area (Å²) in [6.07, 6.45) is -5.01. The second kappa shape index (κ2) is 6.13. The van der Waals surface area contributed by atoms with Gasteiger partial charge in [-0.15, -0.1) is 0 Å². The average Bonchev–Trinajstić information content (AvgIpc) is 2.74. The van der Waals surface area contributed by atoms with E-state index in [0.29, 0.717) is 18.7 Å². The normalized spacial score (nSPS) is 25.3. The molecule has 1 aliphatic rings. The number of benzene rings is 1. The Hall–Kier alpha value is -1.44. The Labute approximate surface area is 140 Å². The van der Waals surface area contributed by atoms with Crippen molar-refractivity contribution < 1.29 is 26.7 Å². The highest BCUT2D eigenvalue weighted by molar-refractivity contribution is 8.16. The zero-order valence-electron chi connectivity index (χ0n) is 13.2. The van der Waals surface area contributed by atoms with Crippen LogP contribution >= 0.6 is 11.8 Å². The SMILES string of the molecule is C[C@H](CC1=NC(=O)C(C)(C(C)(F)C(F)(F)F)S1)c1ccc(F)cc1. The first-order valence-corrected chi connectivity index (χ1v) is 8.02. The molecule has 132 valence electrons. The molecule has 2 unspecified atom stereocenters. The van der Waals surface area contributed by atoms with Gasteiger partial charge in [-0.05, 0) is 37.5 Å². The fraction of sp³-hybridized carbons (Fsp3) is 0.500. The van der Waals surface area contributed by atoms with Crippen LogP contribution < -0.4 is 0 Å². The first-order valence-electron chi connectivity index (χ1n) is 7.20. The van der Waals surface area contributed by atoms with Crippen molar-refractivity contribution in [1.82, 2.24) is 0 Å². The summed E-state index contributed by atoms with van der Waals surface area (Å²) in [6, 6.07) is 5.65. The molecule has 1 heterocycles. The number of carbonyl (C=O) groups is 1. The molecule has 1 amide bonds. The minimum atomic E-state index is -5.18. The Morgan fingerprint density at radius 1 is 1.21 bits per heavy atom. The van der Waals surface area contributed by atoms with Crippen LogP contribution in [0.5, 0.6) is 0 Å². The highest BCUT2D eigenvalue weighted by atomic mass is 32.2. The van der Waals surface area contributed by atoms with Crippen LogP contribution in [0.25, 0.3) is 0 Å². The molecule has 0 aliphatic carbocycles. The fourth-order valence-electron chi connectivity index (χ4n) is 2.35. The van der Waals surface area contributed by atoms with Crippen molar-refractivity contribution >= 4 is 22.7 Å². The zero-order valence-corrected chi connectivity index (χ0v) is 14.1. The van der Waals surface area contributed by atoms with Crippen LogP contribution in [-0.2, 0) is 4.79 Å². The van der Waals surface area contributed by atoms with E-state index in [-0.39, 0.29) is 17.4 Å². The van der Waals surface area contributed by atoms with Crippen LogP contribution in [0.1, 0.15) is 38.7 Å². The van der Waals surface area contributed by atoms with Crippen LogP contribution in [-0.4, -0.2) is 27.5 Å². The molecule has 3 atom stereocenters. The summed E-state index contributed by atoms with van der Waals surface area (Å²) < 4.78 is 63.8. The lowest BCUT2D eigenvalue weighted by molar-refractivity contribution is -0.232. The van der Waals surface area contributed by atoms with Crippen molar-refractivity contribution in [3.8, 4) is 0 Å². The highest BCUT2D eigenvalue weighted by Gasteiger charge is 2.68. The minimum absolute atomic E-state index is 0.146. The number of aliphatic imine (C=N–C) groups is 1. The number of rotatable bonds is 4. The largest absolute Gasteiger partial charge is 0.424 e. The quantitative estimate of drug-likeness (QED) is 0.700. The summed E-state index contributed by atoms with van der Waals surface area (Å²) in [4.78, 5) is 15.6. The van der Waals surface area contributed by atoms with Crippen LogP contribution in [0.2, 0.25) is 0 Å². The standard InChI is InChI=1S/C16H16F5NOS/c1-9(10-4-6-11(17)7-5-10)8-12-22-13(23)14(2,24-12)15(3,18)16(19,20)21/h4-7,9H,8H2,1-3H3/t9-,14?,15?/m1/s1. The molecule has 1 aromatic carbocycles. The third-order valence-corrected chi connectivity index (χ3v) is 5.76. The third-order valence-electron chi connectivity index (χ3n) is 4.30. The molecule has 0 aromatic heterocycles. The molecule has 24 heavy (non-hydrogen) atoms. The minimum Gasteiger partial charge on any atom is -0.271 e. The fourth-order valence-corrected chi connectivity index (χ4v) is 3.72. The summed E-state index contributed by atoms with van der Waals surface area (Å²) >= 11 is 0.512. The Kier molecular flexibility index (Phi) is 4.82. The summed E-state index contributed by atoms with van der Waals surface area (Å²) in [5.41, 5.74) is -2.95. The molecule has 0 N–H and O–H groups in total. The van der Waals surface area contributed by atoms with Crippen molar-refractivity contribution in [2.24, 2.45) is 4.99 Å². The maximum absolute atomic E-state index is 14.3. The van der Waals surface area contributed by atoms with E-state index in [1.165, 1.54) is 12.1 Å². The van der Waals surface area contributed by atoms with Crippen LogP contribution in [0.4, 0.5) is 22.0 Å². The van der Waals surface area contributed by atoms with Gasteiger partial charge in [0.2, 0.25) is 5.67 Å². The molecule has 0 saturated heterocycles. The first-order chi connectivity index (χ1) is 10.9.